The van der Waals surface area contributed by atoms with Gasteiger partial charge in [-0.3, -0.25) is 0 Å². The lowest BCUT2D eigenvalue weighted by Crippen LogP contribution is -2.16. The van der Waals surface area contributed by atoms with Crippen molar-refractivity contribution in [2.45, 2.75) is 13.0 Å². The molecule has 0 bridgehead atoms. The lowest BCUT2D eigenvalue weighted by molar-refractivity contribution is 0.687. The number of rotatable bonds is 5. The number of halogens is 2. The van der Waals surface area contributed by atoms with E-state index in [2.05, 4.69) is 56.7 Å². The van der Waals surface area contributed by atoms with Crippen molar-refractivity contribution in [1.82, 2.24) is 10.3 Å². The van der Waals surface area contributed by atoms with Gasteiger partial charge in [0.2, 0.25) is 0 Å². The van der Waals surface area contributed by atoms with Crippen molar-refractivity contribution in [3.8, 4) is 0 Å². The molecule has 0 fully saturated rings. The van der Waals surface area contributed by atoms with E-state index in [1.54, 1.807) is 0 Å². The number of H-pyrrole nitrogens is 1. The lowest BCUT2D eigenvalue weighted by atomic mass is 10.1. The van der Waals surface area contributed by atoms with E-state index in [4.69, 9.17) is 11.6 Å². The average molecular weight is 364 g/mol. The predicted octanol–water partition coefficient (Wildman–Crippen LogP) is 4.92. The molecule has 0 atom stereocenters. The molecule has 0 aliphatic heterocycles. The van der Waals surface area contributed by atoms with E-state index < -0.39 is 0 Å². The molecule has 1 aromatic heterocycles. The highest BCUT2D eigenvalue weighted by atomic mass is 79.9. The van der Waals surface area contributed by atoms with E-state index in [-0.39, 0.29) is 0 Å². The average Bonchev–Trinajstić information content (AvgIpc) is 2.90. The molecule has 21 heavy (non-hydrogen) atoms. The first-order valence-electron chi connectivity index (χ1n) is 6.93. The van der Waals surface area contributed by atoms with Crippen LogP contribution in [-0.2, 0) is 13.0 Å². The normalized spacial score (nSPS) is 11.1. The summed E-state index contributed by atoms with van der Waals surface area (Å²) in [6.45, 7) is 1.74. The second-order valence-corrected chi connectivity index (χ2v) is 6.31. The second-order valence-electron chi connectivity index (χ2n) is 5.02. The molecule has 2 N–H and O–H groups in total. The molecule has 2 aromatic carbocycles. The molecular weight excluding hydrogens is 348 g/mol. The van der Waals surface area contributed by atoms with Crippen molar-refractivity contribution in [1.29, 1.82) is 0 Å². The van der Waals surface area contributed by atoms with Crippen LogP contribution in [0.3, 0.4) is 0 Å². The van der Waals surface area contributed by atoms with Crippen LogP contribution in [0.2, 0.25) is 5.02 Å². The lowest BCUT2D eigenvalue weighted by Gasteiger charge is -2.07. The number of hydrogen-bond donors (Lipinski definition) is 2. The summed E-state index contributed by atoms with van der Waals surface area (Å²) in [5.74, 6) is 0. The Labute approximate surface area is 137 Å². The van der Waals surface area contributed by atoms with Crippen LogP contribution < -0.4 is 5.32 Å². The quantitative estimate of drug-likeness (QED) is 0.619. The molecule has 3 rings (SSSR count). The maximum atomic E-state index is 6.02. The zero-order valence-corrected chi connectivity index (χ0v) is 13.8. The molecule has 0 unspecified atom stereocenters. The summed E-state index contributed by atoms with van der Waals surface area (Å²) >= 11 is 9.57. The van der Waals surface area contributed by atoms with E-state index in [0.717, 1.165) is 29.0 Å². The van der Waals surface area contributed by atoms with E-state index in [1.165, 1.54) is 22.0 Å². The number of aromatic amines is 1. The molecule has 0 radical (unpaired) electrons. The highest BCUT2D eigenvalue weighted by Crippen LogP contribution is 2.21. The van der Waals surface area contributed by atoms with Gasteiger partial charge in [-0.1, -0.05) is 45.7 Å². The van der Waals surface area contributed by atoms with Gasteiger partial charge < -0.3 is 10.3 Å². The van der Waals surface area contributed by atoms with Crippen molar-refractivity contribution in [3.05, 3.63) is 69.3 Å². The largest absolute Gasteiger partial charge is 0.361 e. The van der Waals surface area contributed by atoms with E-state index in [1.807, 2.05) is 18.2 Å². The maximum Gasteiger partial charge on any atom is 0.0456 e. The van der Waals surface area contributed by atoms with Gasteiger partial charge >= 0.3 is 0 Å². The summed E-state index contributed by atoms with van der Waals surface area (Å²) in [7, 11) is 0. The zero-order chi connectivity index (χ0) is 14.7. The Balaban J connectivity index is 1.58. The molecular formula is C17H16BrClN2. The molecule has 3 aromatic rings. The molecule has 0 amide bonds. The zero-order valence-electron chi connectivity index (χ0n) is 11.5. The number of fused-ring (bicyclic) bond motifs is 1. The van der Waals surface area contributed by atoms with E-state index in [0.29, 0.717) is 0 Å². The van der Waals surface area contributed by atoms with Crippen LogP contribution in [0.5, 0.6) is 0 Å². The highest BCUT2D eigenvalue weighted by Gasteiger charge is 2.03. The maximum absolute atomic E-state index is 6.02. The third-order valence-electron chi connectivity index (χ3n) is 3.57. The summed E-state index contributed by atoms with van der Waals surface area (Å²) in [5, 5.41) is 5.55. The third kappa shape index (κ3) is 3.49. The highest BCUT2D eigenvalue weighted by molar-refractivity contribution is 9.10. The van der Waals surface area contributed by atoms with Gasteiger partial charge in [0, 0.05) is 33.1 Å². The molecule has 1 heterocycles. The number of hydrogen-bond acceptors (Lipinski definition) is 1. The molecule has 0 saturated carbocycles. The van der Waals surface area contributed by atoms with Gasteiger partial charge in [-0.05, 0) is 48.4 Å². The Morgan fingerprint density at radius 3 is 2.86 bits per heavy atom. The molecule has 0 aliphatic rings. The summed E-state index contributed by atoms with van der Waals surface area (Å²) in [5.41, 5.74) is 3.73. The fourth-order valence-corrected chi connectivity index (χ4v) is 3.04. The van der Waals surface area contributed by atoms with Crippen LogP contribution in [0.15, 0.2) is 53.1 Å². The molecule has 108 valence electrons. The summed E-state index contributed by atoms with van der Waals surface area (Å²) in [6, 6.07) is 14.3. The fraction of sp³-hybridized carbons (Fsp3) is 0.176. The van der Waals surface area contributed by atoms with Crippen molar-refractivity contribution in [3.63, 3.8) is 0 Å². The van der Waals surface area contributed by atoms with Crippen LogP contribution in [0, 0.1) is 0 Å². The number of para-hydroxylation sites is 1. The van der Waals surface area contributed by atoms with Crippen LogP contribution >= 0.6 is 27.5 Å². The summed E-state index contributed by atoms with van der Waals surface area (Å²) in [6.07, 6.45) is 3.10. The number of aromatic nitrogens is 1. The summed E-state index contributed by atoms with van der Waals surface area (Å²) < 4.78 is 1.09. The Bertz CT molecular complexity index is 751. The number of benzene rings is 2. The second kappa shape index (κ2) is 6.65. The number of nitrogens with one attached hydrogen (secondary N) is 2. The van der Waals surface area contributed by atoms with Crippen LogP contribution in [-0.4, -0.2) is 11.5 Å². The molecule has 4 heteroatoms. The van der Waals surface area contributed by atoms with Crippen LogP contribution in [0.1, 0.15) is 11.1 Å². The first-order valence-corrected chi connectivity index (χ1v) is 8.11. The van der Waals surface area contributed by atoms with Gasteiger partial charge in [-0.25, -0.2) is 0 Å². The van der Waals surface area contributed by atoms with E-state index in [9.17, 15) is 0 Å². The molecule has 2 nitrogen and oxygen atoms in total. The van der Waals surface area contributed by atoms with Crippen molar-refractivity contribution < 1.29 is 0 Å². The molecule has 0 saturated heterocycles. The smallest absolute Gasteiger partial charge is 0.0456 e. The SMILES string of the molecule is Clc1ccc(Br)c(CNCCc2c[nH]c3ccccc23)c1. The van der Waals surface area contributed by atoms with Gasteiger partial charge in [0.25, 0.3) is 0 Å². The Morgan fingerprint density at radius 2 is 1.95 bits per heavy atom. The van der Waals surface area contributed by atoms with Crippen LogP contribution in [0.25, 0.3) is 10.9 Å². The van der Waals surface area contributed by atoms with Gasteiger partial charge in [-0.15, -0.1) is 0 Å². The third-order valence-corrected chi connectivity index (χ3v) is 4.58. The van der Waals surface area contributed by atoms with Gasteiger partial charge in [0.15, 0.2) is 0 Å². The molecule has 0 spiro atoms. The topological polar surface area (TPSA) is 27.8 Å². The van der Waals surface area contributed by atoms with E-state index >= 15 is 0 Å². The standard InChI is InChI=1S/C17H16BrClN2/c18-16-6-5-14(19)9-13(16)10-20-8-7-12-11-21-17-4-2-1-3-15(12)17/h1-6,9,11,20-21H,7-8,10H2. The first-order chi connectivity index (χ1) is 10.2. The van der Waals surface area contributed by atoms with Crippen LogP contribution in [0.4, 0.5) is 0 Å². The first kappa shape index (κ1) is 14.6. The van der Waals surface area contributed by atoms with Gasteiger partial charge in [0.05, 0.1) is 0 Å². The summed E-state index contributed by atoms with van der Waals surface area (Å²) in [4.78, 5) is 3.31. The van der Waals surface area contributed by atoms with Gasteiger partial charge in [-0.2, -0.15) is 0 Å². The molecule has 0 aliphatic carbocycles. The van der Waals surface area contributed by atoms with Gasteiger partial charge in [0.1, 0.15) is 0 Å². The van der Waals surface area contributed by atoms with Crippen molar-refractivity contribution in [2.24, 2.45) is 0 Å². The minimum atomic E-state index is 0.770. The van der Waals surface area contributed by atoms with Crippen molar-refractivity contribution in [2.75, 3.05) is 6.54 Å². The monoisotopic (exact) mass is 362 g/mol. The Kier molecular flexibility index (Phi) is 4.63. The van der Waals surface area contributed by atoms with Crippen molar-refractivity contribution >= 4 is 38.4 Å². The predicted molar refractivity (Wildman–Crippen MR) is 92.9 cm³/mol. The minimum absolute atomic E-state index is 0.770. The Morgan fingerprint density at radius 1 is 1.10 bits per heavy atom. The fourth-order valence-electron chi connectivity index (χ4n) is 2.46. The Hall–Kier alpha value is -1.29. The minimum Gasteiger partial charge on any atom is -0.361 e.